The van der Waals surface area contributed by atoms with E-state index in [-0.39, 0.29) is 18.2 Å². The lowest BCUT2D eigenvalue weighted by Crippen LogP contribution is -2.29. The van der Waals surface area contributed by atoms with Crippen molar-refractivity contribution in [3.8, 4) is 0 Å². The van der Waals surface area contributed by atoms with Crippen LogP contribution in [0.15, 0.2) is 59.5 Å². The van der Waals surface area contributed by atoms with Gasteiger partial charge >= 0.3 is 5.97 Å². The molecule has 1 N–H and O–H groups in total. The molecule has 0 bridgehead atoms. The molecule has 0 spiro atoms. The maximum absolute atomic E-state index is 12.6. The van der Waals surface area contributed by atoms with E-state index in [1.807, 2.05) is 36.4 Å². The maximum Gasteiger partial charge on any atom is 0.338 e. The Morgan fingerprint density at radius 3 is 2.52 bits per heavy atom. The molecule has 31 heavy (non-hydrogen) atoms. The van der Waals surface area contributed by atoms with Crippen molar-refractivity contribution < 1.29 is 19.1 Å². The molecule has 1 aliphatic heterocycles. The molecule has 1 fully saturated rings. The van der Waals surface area contributed by atoms with Gasteiger partial charge in [0, 0.05) is 18.7 Å². The fraction of sp³-hybridized carbons (Fsp3) is 0.217. The molecule has 0 atom stereocenters. The number of benzene rings is 2. The number of anilines is 1. The van der Waals surface area contributed by atoms with Gasteiger partial charge in [0.2, 0.25) is 5.91 Å². The van der Waals surface area contributed by atoms with Crippen LogP contribution in [0, 0.1) is 0 Å². The number of ether oxygens (including phenoxy) is 1. The Bertz CT molecular complexity index is 1000. The summed E-state index contributed by atoms with van der Waals surface area (Å²) in [4.78, 5) is 38.6. The Kier molecular flexibility index (Phi) is 7.97. The van der Waals surface area contributed by atoms with Crippen molar-refractivity contribution in [3.05, 3.63) is 70.6 Å². The van der Waals surface area contributed by atoms with Crippen LogP contribution in [0.3, 0.4) is 0 Å². The number of amides is 2. The van der Waals surface area contributed by atoms with Crippen molar-refractivity contribution in [2.45, 2.75) is 19.8 Å². The van der Waals surface area contributed by atoms with Gasteiger partial charge in [0.05, 0.1) is 17.1 Å². The van der Waals surface area contributed by atoms with Crippen LogP contribution in [0.5, 0.6) is 0 Å². The minimum absolute atomic E-state index is 0.131. The Morgan fingerprint density at radius 1 is 1.13 bits per heavy atom. The van der Waals surface area contributed by atoms with Gasteiger partial charge in [-0.2, -0.15) is 0 Å². The van der Waals surface area contributed by atoms with E-state index >= 15 is 0 Å². The van der Waals surface area contributed by atoms with Crippen LogP contribution in [0.25, 0.3) is 6.08 Å². The monoisotopic (exact) mass is 454 g/mol. The van der Waals surface area contributed by atoms with Gasteiger partial charge < -0.3 is 10.1 Å². The van der Waals surface area contributed by atoms with E-state index < -0.39 is 5.97 Å². The highest BCUT2D eigenvalue weighted by Crippen LogP contribution is 2.32. The number of rotatable bonds is 8. The molecule has 2 aromatic carbocycles. The number of hydrogen-bond donors (Lipinski definition) is 1. The van der Waals surface area contributed by atoms with Crippen molar-refractivity contribution in [2.24, 2.45) is 0 Å². The minimum atomic E-state index is -0.398. The van der Waals surface area contributed by atoms with Crippen molar-refractivity contribution in [1.82, 2.24) is 4.90 Å². The van der Waals surface area contributed by atoms with Crippen LogP contribution in [0.1, 0.15) is 35.7 Å². The first-order chi connectivity index (χ1) is 15.0. The van der Waals surface area contributed by atoms with Crippen LogP contribution in [0.2, 0.25) is 0 Å². The molecule has 3 rings (SSSR count). The number of thioether (sulfide) groups is 1. The van der Waals surface area contributed by atoms with Crippen molar-refractivity contribution in [3.63, 3.8) is 0 Å². The largest absolute Gasteiger partial charge is 0.462 e. The van der Waals surface area contributed by atoms with E-state index in [0.717, 1.165) is 5.56 Å². The molecule has 0 aromatic heterocycles. The topological polar surface area (TPSA) is 75.7 Å². The van der Waals surface area contributed by atoms with Crippen LogP contribution in [-0.4, -0.2) is 40.2 Å². The summed E-state index contributed by atoms with van der Waals surface area (Å²) in [6.45, 7) is 2.43. The summed E-state index contributed by atoms with van der Waals surface area (Å²) in [5, 5.41) is 2.79. The first-order valence-electron chi connectivity index (χ1n) is 9.85. The third kappa shape index (κ3) is 6.26. The van der Waals surface area contributed by atoms with Gasteiger partial charge in [-0.25, -0.2) is 4.79 Å². The zero-order valence-corrected chi connectivity index (χ0v) is 18.6. The summed E-state index contributed by atoms with van der Waals surface area (Å²) in [6.07, 6.45) is 2.55. The van der Waals surface area contributed by atoms with Gasteiger partial charge in [-0.05, 0) is 49.2 Å². The molecule has 0 aliphatic carbocycles. The van der Waals surface area contributed by atoms with Gasteiger partial charge in [-0.15, -0.1) is 0 Å². The van der Waals surface area contributed by atoms with Crippen molar-refractivity contribution in [2.75, 3.05) is 18.5 Å². The molecule has 2 amide bonds. The van der Waals surface area contributed by atoms with Crippen molar-refractivity contribution in [1.29, 1.82) is 0 Å². The van der Waals surface area contributed by atoms with Gasteiger partial charge in [0.1, 0.15) is 4.32 Å². The fourth-order valence-corrected chi connectivity index (χ4v) is 4.23. The summed E-state index contributed by atoms with van der Waals surface area (Å²) in [5.41, 5.74) is 1.96. The lowest BCUT2D eigenvalue weighted by Gasteiger charge is -2.14. The number of thiocarbonyl (C=S) groups is 1. The first kappa shape index (κ1) is 22.7. The molecule has 0 unspecified atom stereocenters. The quantitative estimate of drug-likeness (QED) is 0.360. The predicted molar refractivity (Wildman–Crippen MR) is 127 cm³/mol. The Morgan fingerprint density at radius 2 is 1.84 bits per heavy atom. The minimum Gasteiger partial charge on any atom is -0.462 e. The molecule has 1 heterocycles. The highest BCUT2D eigenvalue weighted by Gasteiger charge is 2.31. The number of carbonyl (C=O) groups excluding carboxylic acids is 3. The number of hydrogen-bond acceptors (Lipinski definition) is 6. The number of carbonyl (C=O) groups is 3. The van der Waals surface area contributed by atoms with Crippen LogP contribution in [-0.2, 0) is 14.3 Å². The number of nitrogens with zero attached hydrogens (tertiary/aromatic N) is 1. The molecule has 2 aromatic rings. The zero-order chi connectivity index (χ0) is 22.2. The molecule has 160 valence electrons. The second kappa shape index (κ2) is 10.9. The second-order valence-electron chi connectivity index (χ2n) is 6.69. The van der Waals surface area contributed by atoms with E-state index in [1.165, 1.54) is 16.7 Å². The van der Waals surface area contributed by atoms with Crippen LogP contribution >= 0.6 is 24.0 Å². The SMILES string of the molecule is CCOC(=O)c1ccc(NC(=O)CCCN2C(=O)/C(=C/c3ccccc3)SC2=S)cc1. The van der Waals surface area contributed by atoms with Crippen LogP contribution < -0.4 is 5.32 Å². The average molecular weight is 455 g/mol. The first-order valence-corrected chi connectivity index (χ1v) is 11.1. The smallest absolute Gasteiger partial charge is 0.338 e. The molecular weight excluding hydrogens is 432 g/mol. The Hall–Kier alpha value is -2.97. The lowest BCUT2D eigenvalue weighted by molar-refractivity contribution is -0.122. The third-order valence-corrected chi connectivity index (χ3v) is 5.81. The van der Waals surface area contributed by atoms with E-state index in [2.05, 4.69) is 5.32 Å². The number of esters is 1. The number of nitrogens with one attached hydrogen (secondary N) is 1. The summed E-state index contributed by atoms with van der Waals surface area (Å²) < 4.78 is 5.44. The van der Waals surface area contributed by atoms with Gasteiger partial charge in [-0.1, -0.05) is 54.3 Å². The van der Waals surface area contributed by atoms with Crippen molar-refractivity contribution >= 4 is 57.8 Å². The predicted octanol–water partition coefficient (Wildman–Crippen LogP) is 4.48. The van der Waals surface area contributed by atoms with Gasteiger partial charge in [0.25, 0.3) is 5.91 Å². The fourth-order valence-electron chi connectivity index (χ4n) is 2.92. The third-order valence-electron chi connectivity index (χ3n) is 4.44. The normalized spacial score (nSPS) is 14.7. The molecule has 1 saturated heterocycles. The molecule has 8 heteroatoms. The maximum atomic E-state index is 12.6. The zero-order valence-electron chi connectivity index (χ0n) is 17.0. The van der Waals surface area contributed by atoms with Crippen LogP contribution in [0.4, 0.5) is 5.69 Å². The summed E-state index contributed by atoms with van der Waals surface area (Å²) in [5.74, 6) is -0.701. The standard InChI is InChI=1S/C23H22N2O4S2/c1-2-29-22(28)17-10-12-18(13-11-17)24-20(26)9-6-14-25-21(27)19(31-23(25)30)15-16-7-4-3-5-8-16/h3-5,7-8,10-13,15H,2,6,9,14H2,1H3,(H,24,26)/b19-15-. The highest BCUT2D eigenvalue weighted by molar-refractivity contribution is 8.26. The van der Waals surface area contributed by atoms with Gasteiger partial charge in [-0.3, -0.25) is 14.5 Å². The molecular formula is C23H22N2O4S2. The highest BCUT2D eigenvalue weighted by atomic mass is 32.2. The molecule has 6 nitrogen and oxygen atoms in total. The average Bonchev–Trinajstić information content (AvgIpc) is 3.02. The Balaban J connectivity index is 1.48. The molecule has 0 saturated carbocycles. The van der Waals surface area contributed by atoms with E-state index in [4.69, 9.17) is 17.0 Å². The summed E-state index contributed by atoms with van der Waals surface area (Å²) in [6, 6.07) is 16.1. The van der Waals surface area contributed by atoms with Gasteiger partial charge in [0.15, 0.2) is 0 Å². The summed E-state index contributed by atoms with van der Waals surface area (Å²) >= 11 is 6.61. The lowest BCUT2D eigenvalue weighted by atomic mass is 10.2. The van der Waals surface area contributed by atoms with E-state index in [9.17, 15) is 14.4 Å². The Labute approximate surface area is 190 Å². The summed E-state index contributed by atoms with van der Waals surface area (Å²) in [7, 11) is 0. The second-order valence-corrected chi connectivity index (χ2v) is 8.37. The molecule has 1 aliphatic rings. The van der Waals surface area contributed by atoms with E-state index in [0.29, 0.717) is 40.0 Å². The molecule has 0 radical (unpaired) electrons. The van der Waals surface area contributed by atoms with E-state index in [1.54, 1.807) is 31.2 Å².